The lowest BCUT2D eigenvalue weighted by Gasteiger charge is -2.31. The molecule has 96 valence electrons. The van der Waals surface area contributed by atoms with E-state index in [2.05, 4.69) is 24.1 Å². The smallest absolute Gasteiger partial charge is 0.0611 e. The first-order valence-corrected chi connectivity index (χ1v) is 6.36. The summed E-state index contributed by atoms with van der Waals surface area (Å²) in [6.45, 7) is 10.2. The fraction of sp³-hybridized carbons (Fsp3) is 1.00. The highest BCUT2D eigenvalue weighted by molar-refractivity contribution is 4.83. The van der Waals surface area contributed by atoms with E-state index in [1.165, 1.54) is 0 Å². The van der Waals surface area contributed by atoms with Gasteiger partial charge in [-0.15, -0.1) is 0 Å². The quantitative estimate of drug-likeness (QED) is 0.696. The van der Waals surface area contributed by atoms with E-state index in [9.17, 15) is 5.11 Å². The van der Waals surface area contributed by atoms with Crippen LogP contribution < -0.4 is 5.32 Å². The number of nitrogens with zero attached hydrogens (tertiary/aromatic N) is 1. The summed E-state index contributed by atoms with van der Waals surface area (Å²) in [6.07, 6.45) is 2.11. The normalized spacial score (nSPS) is 22.7. The first-order chi connectivity index (χ1) is 7.70. The molecule has 1 heterocycles. The monoisotopic (exact) mass is 230 g/mol. The highest BCUT2D eigenvalue weighted by Gasteiger charge is 2.22. The summed E-state index contributed by atoms with van der Waals surface area (Å²) in [4.78, 5) is 2.43. The van der Waals surface area contributed by atoms with Gasteiger partial charge in [-0.2, -0.15) is 0 Å². The van der Waals surface area contributed by atoms with Crippen molar-refractivity contribution in [2.45, 2.75) is 32.2 Å². The molecule has 0 aromatic rings. The zero-order valence-corrected chi connectivity index (χ0v) is 10.7. The van der Waals surface area contributed by atoms with Crippen LogP contribution in [0, 0.1) is 0 Å². The maximum Gasteiger partial charge on any atom is 0.0611 e. The molecule has 4 nitrogen and oxygen atoms in total. The molecule has 16 heavy (non-hydrogen) atoms. The first kappa shape index (κ1) is 13.9. The van der Waals surface area contributed by atoms with Gasteiger partial charge >= 0.3 is 0 Å². The molecule has 2 N–H and O–H groups in total. The van der Waals surface area contributed by atoms with Crippen LogP contribution in [0.4, 0.5) is 0 Å². The zero-order chi connectivity index (χ0) is 11.9. The van der Waals surface area contributed by atoms with Crippen LogP contribution in [0.5, 0.6) is 0 Å². The molecule has 0 bridgehead atoms. The average molecular weight is 230 g/mol. The second kappa shape index (κ2) is 7.22. The molecule has 0 aromatic heterocycles. The number of likely N-dealkylation sites (N-methyl/N-ethyl adjacent to an activating group) is 1. The van der Waals surface area contributed by atoms with Crippen LogP contribution >= 0.6 is 0 Å². The van der Waals surface area contributed by atoms with Crippen LogP contribution in [0.15, 0.2) is 0 Å². The highest BCUT2D eigenvalue weighted by Crippen LogP contribution is 2.10. The number of aliphatic hydroxyl groups excluding tert-OH is 1. The van der Waals surface area contributed by atoms with Crippen molar-refractivity contribution < 1.29 is 9.84 Å². The molecule has 1 aliphatic heterocycles. The minimum atomic E-state index is -0.137. The summed E-state index contributed by atoms with van der Waals surface area (Å²) >= 11 is 0. The maximum absolute atomic E-state index is 9.40. The summed E-state index contributed by atoms with van der Waals surface area (Å²) in [5.41, 5.74) is -0.137. The second-order valence-corrected chi connectivity index (χ2v) is 4.81. The predicted molar refractivity (Wildman–Crippen MR) is 65.7 cm³/mol. The van der Waals surface area contributed by atoms with E-state index in [1.807, 2.05) is 0 Å². The van der Waals surface area contributed by atoms with Crippen molar-refractivity contribution in [2.75, 3.05) is 46.0 Å². The fourth-order valence-electron chi connectivity index (χ4n) is 2.08. The third-order valence-corrected chi connectivity index (χ3v) is 3.25. The molecule has 0 radical (unpaired) electrons. The van der Waals surface area contributed by atoms with Gasteiger partial charge in [-0.25, -0.2) is 0 Å². The van der Waals surface area contributed by atoms with Crippen molar-refractivity contribution in [2.24, 2.45) is 0 Å². The van der Waals surface area contributed by atoms with Gasteiger partial charge in [0, 0.05) is 31.8 Å². The number of nitrogens with one attached hydrogen (secondary N) is 1. The Hall–Kier alpha value is -0.160. The summed E-state index contributed by atoms with van der Waals surface area (Å²) in [5.74, 6) is 0. The van der Waals surface area contributed by atoms with Gasteiger partial charge in [0.2, 0.25) is 0 Å². The van der Waals surface area contributed by atoms with Gasteiger partial charge < -0.3 is 20.1 Å². The molecule has 1 unspecified atom stereocenters. The van der Waals surface area contributed by atoms with Crippen LogP contribution in [0.2, 0.25) is 0 Å². The molecule has 1 aliphatic rings. The molecule has 1 atom stereocenters. The van der Waals surface area contributed by atoms with Gasteiger partial charge in [0.05, 0.1) is 13.2 Å². The number of rotatable bonds is 6. The predicted octanol–water partition coefficient (Wildman–Crippen LogP) is 0.459. The van der Waals surface area contributed by atoms with Crippen LogP contribution in [0.3, 0.4) is 0 Å². The van der Waals surface area contributed by atoms with Gasteiger partial charge in [-0.3, -0.25) is 0 Å². The number of aliphatic hydroxyl groups is 1. The van der Waals surface area contributed by atoms with Crippen LogP contribution in [-0.2, 0) is 4.74 Å². The Labute approximate surface area is 99.0 Å². The molecule has 0 saturated carbocycles. The molecule has 0 aromatic carbocycles. The van der Waals surface area contributed by atoms with Crippen molar-refractivity contribution in [3.63, 3.8) is 0 Å². The standard InChI is InChI=1S/C12H26N2O2/c1-3-13-12(2,11-15)5-7-14-6-4-9-16-10-8-14/h13,15H,3-11H2,1-2H3. The minimum absolute atomic E-state index is 0.137. The largest absolute Gasteiger partial charge is 0.394 e. The second-order valence-electron chi connectivity index (χ2n) is 4.81. The molecule has 1 fully saturated rings. The SMILES string of the molecule is CCNC(C)(CO)CCN1CCCOCC1. The lowest BCUT2D eigenvalue weighted by molar-refractivity contribution is 0.130. The molecule has 1 rings (SSSR count). The molecular formula is C12H26N2O2. The Kier molecular flexibility index (Phi) is 6.28. The number of hydrogen-bond acceptors (Lipinski definition) is 4. The molecule has 4 heteroatoms. The van der Waals surface area contributed by atoms with E-state index in [1.54, 1.807) is 0 Å². The lowest BCUT2D eigenvalue weighted by Crippen LogP contribution is -2.48. The first-order valence-electron chi connectivity index (χ1n) is 6.36. The fourth-order valence-corrected chi connectivity index (χ4v) is 2.08. The van der Waals surface area contributed by atoms with Gasteiger partial charge in [0.25, 0.3) is 0 Å². The maximum atomic E-state index is 9.40. The van der Waals surface area contributed by atoms with E-state index < -0.39 is 0 Å². The van der Waals surface area contributed by atoms with Gasteiger partial charge in [-0.1, -0.05) is 6.92 Å². The molecule has 0 spiro atoms. The van der Waals surface area contributed by atoms with E-state index in [0.717, 1.165) is 52.2 Å². The summed E-state index contributed by atoms with van der Waals surface area (Å²) in [5, 5.41) is 12.8. The van der Waals surface area contributed by atoms with Crippen LogP contribution in [0.25, 0.3) is 0 Å². The van der Waals surface area contributed by atoms with E-state index in [0.29, 0.717) is 0 Å². The number of hydrogen-bond donors (Lipinski definition) is 2. The van der Waals surface area contributed by atoms with E-state index in [-0.39, 0.29) is 12.1 Å². The number of ether oxygens (including phenoxy) is 1. The lowest BCUT2D eigenvalue weighted by atomic mass is 9.98. The van der Waals surface area contributed by atoms with E-state index >= 15 is 0 Å². The van der Waals surface area contributed by atoms with Crippen molar-refractivity contribution in [1.82, 2.24) is 10.2 Å². The molecule has 0 aliphatic carbocycles. The Morgan fingerprint density at radius 1 is 1.38 bits per heavy atom. The summed E-state index contributed by atoms with van der Waals surface area (Å²) in [6, 6.07) is 0. The molecule has 1 saturated heterocycles. The molecular weight excluding hydrogens is 204 g/mol. The van der Waals surface area contributed by atoms with Crippen molar-refractivity contribution >= 4 is 0 Å². The van der Waals surface area contributed by atoms with Gasteiger partial charge in [0.1, 0.15) is 0 Å². The van der Waals surface area contributed by atoms with Crippen molar-refractivity contribution in [3.8, 4) is 0 Å². The third-order valence-electron chi connectivity index (χ3n) is 3.25. The summed E-state index contributed by atoms with van der Waals surface area (Å²) in [7, 11) is 0. The summed E-state index contributed by atoms with van der Waals surface area (Å²) < 4.78 is 5.42. The zero-order valence-electron chi connectivity index (χ0n) is 10.7. The Morgan fingerprint density at radius 3 is 2.88 bits per heavy atom. The highest BCUT2D eigenvalue weighted by atomic mass is 16.5. The van der Waals surface area contributed by atoms with Crippen molar-refractivity contribution in [3.05, 3.63) is 0 Å². The van der Waals surface area contributed by atoms with E-state index in [4.69, 9.17) is 4.74 Å². The molecule has 0 amide bonds. The average Bonchev–Trinajstić information content (AvgIpc) is 2.55. The Bertz CT molecular complexity index is 182. The Morgan fingerprint density at radius 2 is 2.19 bits per heavy atom. The van der Waals surface area contributed by atoms with Gasteiger partial charge in [0.15, 0.2) is 0 Å². The third kappa shape index (κ3) is 4.78. The van der Waals surface area contributed by atoms with Crippen LogP contribution in [0.1, 0.15) is 26.7 Å². The van der Waals surface area contributed by atoms with Crippen molar-refractivity contribution in [1.29, 1.82) is 0 Å². The minimum Gasteiger partial charge on any atom is -0.394 e. The Balaban J connectivity index is 2.29. The topological polar surface area (TPSA) is 44.7 Å². The van der Waals surface area contributed by atoms with Gasteiger partial charge in [-0.05, 0) is 26.3 Å². The van der Waals surface area contributed by atoms with Crippen LogP contribution in [-0.4, -0.2) is 61.5 Å².